The number of rotatable bonds is 9. The van der Waals surface area contributed by atoms with Crippen LogP contribution in [0.5, 0.6) is 5.75 Å². The molecule has 2 rings (SSSR count). The third-order valence-corrected chi connectivity index (χ3v) is 4.87. The fourth-order valence-corrected chi connectivity index (χ4v) is 3.36. The van der Waals surface area contributed by atoms with E-state index in [0.29, 0.717) is 17.5 Å². The Kier molecular flexibility index (Phi) is 7.60. The Labute approximate surface area is 170 Å². The number of nitrogens with one attached hydrogen (secondary N) is 2. The molecule has 2 atom stereocenters. The first-order chi connectivity index (χ1) is 13.6. The Morgan fingerprint density at radius 2 is 1.83 bits per heavy atom. The number of aliphatic hydroxyl groups excluding tert-OH is 1. The van der Waals surface area contributed by atoms with Crippen molar-refractivity contribution in [3.05, 3.63) is 59.2 Å². The topological polar surface area (TPSA) is 125 Å². The summed E-state index contributed by atoms with van der Waals surface area (Å²) in [5, 5.41) is 23.4. The third-order valence-electron chi connectivity index (χ3n) is 4.28. The summed E-state index contributed by atoms with van der Waals surface area (Å²) in [6.45, 7) is 2.21. The standard InChI is InChI=1S/C20H26N2O6S/c1-13(10-14-4-6-15(7-5-14)20(25)28-2)21-12-19(24)16-8-9-18(23)17(11-16)22-29(3,26)27/h4-9,11,13,19,21-24H,10,12H2,1-3H3. The minimum Gasteiger partial charge on any atom is -0.506 e. The number of aliphatic hydroxyl groups is 1. The third kappa shape index (κ3) is 7.04. The van der Waals surface area contributed by atoms with Gasteiger partial charge in [0.15, 0.2) is 0 Å². The first-order valence-electron chi connectivity index (χ1n) is 8.98. The van der Waals surface area contributed by atoms with Crippen LogP contribution in [-0.2, 0) is 21.2 Å². The van der Waals surface area contributed by atoms with Crippen LogP contribution in [-0.4, -0.2) is 50.6 Å². The van der Waals surface area contributed by atoms with E-state index in [4.69, 9.17) is 0 Å². The van der Waals surface area contributed by atoms with Gasteiger partial charge in [0.05, 0.1) is 30.7 Å². The molecular formula is C20H26N2O6S. The summed E-state index contributed by atoms with van der Waals surface area (Å²) < 4.78 is 29.6. The molecule has 0 radical (unpaired) electrons. The molecule has 158 valence electrons. The largest absolute Gasteiger partial charge is 0.506 e. The Balaban J connectivity index is 1.93. The van der Waals surface area contributed by atoms with E-state index in [1.54, 1.807) is 12.1 Å². The normalized spacial score (nSPS) is 13.5. The predicted octanol–water partition coefficient (Wildman–Crippen LogP) is 1.80. The van der Waals surface area contributed by atoms with Gasteiger partial charge in [0.2, 0.25) is 10.0 Å². The lowest BCUT2D eigenvalue weighted by Gasteiger charge is -2.18. The van der Waals surface area contributed by atoms with Gasteiger partial charge in [0.25, 0.3) is 0 Å². The fraction of sp³-hybridized carbons (Fsp3) is 0.350. The molecule has 0 aliphatic rings. The summed E-state index contributed by atoms with van der Waals surface area (Å²) in [5.74, 6) is -0.604. The zero-order valence-corrected chi connectivity index (χ0v) is 17.4. The van der Waals surface area contributed by atoms with Crippen molar-refractivity contribution in [3.8, 4) is 5.75 Å². The van der Waals surface area contributed by atoms with Gasteiger partial charge in [-0.25, -0.2) is 13.2 Å². The van der Waals surface area contributed by atoms with Crippen molar-refractivity contribution in [1.29, 1.82) is 0 Å². The zero-order valence-electron chi connectivity index (χ0n) is 16.5. The number of hydrogen-bond donors (Lipinski definition) is 4. The number of esters is 1. The maximum atomic E-state index is 11.5. The molecule has 0 fully saturated rings. The van der Waals surface area contributed by atoms with Crippen LogP contribution in [0.1, 0.15) is 34.5 Å². The highest BCUT2D eigenvalue weighted by Gasteiger charge is 2.14. The van der Waals surface area contributed by atoms with E-state index in [0.717, 1.165) is 11.8 Å². The molecule has 0 heterocycles. The molecule has 0 saturated heterocycles. The van der Waals surface area contributed by atoms with Crippen molar-refractivity contribution in [2.45, 2.75) is 25.5 Å². The summed E-state index contributed by atoms with van der Waals surface area (Å²) in [5.41, 5.74) is 1.99. The maximum absolute atomic E-state index is 11.5. The van der Waals surface area contributed by atoms with Gasteiger partial charge in [0, 0.05) is 12.6 Å². The van der Waals surface area contributed by atoms with Crippen LogP contribution in [0.2, 0.25) is 0 Å². The van der Waals surface area contributed by atoms with Gasteiger partial charge >= 0.3 is 5.97 Å². The molecule has 0 saturated carbocycles. The second-order valence-corrected chi connectivity index (χ2v) is 8.62. The Morgan fingerprint density at radius 1 is 1.17 bits per heavy atom. The number of aromatic hydroxyl groups is 1. The highest BCUT2D eigenvalue weighted by Crippen LogP contribution is 2.27. The quantitative estimate of drug-likeness (QED) is 0.359. The minimum atomic E-state index is -3.55. The maximum Gasteiger partial charge on any atom is 0.337 e. The van der Waals surface area contributed by atoms with Crippen LogP contribution in [0.3, 0.4) is 0 Å². The van der Waals surface area contributed by atoms with Crippen molar-refractivity contribution in [1.82, 2.24) is 5.32 Å². The number of sulfonamides is 1. The minimum absolute atomic E-state index is 0.0165. The van der Waals surface area contributed by atoms with Crippen molar-refractivity contribution in [2.24, 2.45) is 0 Å². The van der Waals surface area contributed by atoms with Crippen molar-refractivity contribution in [2.75, 3.05) is 24.6 Å². The number of benzene rings is 2. The lowest BCUT2D eigenvalue weighted by atomic mass is 10.0. The Hall–Kier alpha value is -2.62. The average Bonchev–Trinajstić information content (AvgIpc) is 2.66. The Morgan fingerprint density at radius 3 is 2.41 bits per heavy atom. The van der Waals surface area contributed by atoms with Gasteiger partial charge in [-0.05, 0) is 48.7 Å². The van der Waals surface area contributed by atoms with E-state index in [1.807, 2.05) is 19.1 Å². The molecule has 0 spiro atoms. The molecule has 4 N–H and O–H groups in total. The van der Waals surface area contributed by atoms with Crippen LogP contribution in [0.4, 0.5) is 5.69 Å². The molecule has 0 amide bonds. The van der Waals surface area contributed by atoms with E-state index in [-0.39, 0.29) is 30.0 Å². The number of carbonyl (C=O) groups is 1. The highest BCUT2D eigenvalue weighted by atomic mass is 32.2. The summed E-state index contributed by atoms with van der Waals surface area (Å²) >= 11 is 0. The van der Waals surface area contributed by atoms with E-state index >= 15 is 0 Å². The molecule has 0 aliphatic carbocycles. The average molecular weight is 423 g/mol. The number of carbonyl (C=O) groups excluding carboxylic acids is 1. The number of anilines is 1. The lowest BCUT2D eigenvalue weighted by molar-refractivity contribution is 0.0600. The van der Waals surface area contributed by atoms with Crippen LogP contribution < -0.4 is 10.0 Å². The molecule has 0 aromatic heterocycles. The van der Waals surface area contributed by atoms with Crippen molar-refractivity contribution < 1.29 is 28.2 Å². The van der Waals surface area contributed by atoms with Gasteiger partial charge in [-0.2, -0.15) is 0 Å². The molecular weight excluding hydrogens is 396 g/mol. The number of hydrogen-bond acceptors (Lipinski definition) is 7. The van der Waals surface area contributed by atoms with Crippen LogP contribution in [0.25, 0.3) is 0 Å². The number of methoxy groups -OCH3 is 1. The van der Waals surface area contributed by atoms with E-state index in [9.17, 15) is 23.4 Å². The van der Waals surface area contributed by atoms with Crippen LogP contribution in [0, 0.1) is 0 Å². The number of ether oxygens (including phenoxy) is 1. The predicted molar refractivity (Wildman–Crippen MR) is 110 cm³/mol. The highest BCUT2D eigenvalue weighted by molar-refractivity contribution is 7.92. The first-order valence-corrected chi connectivity index (χ1v) is 10.9. The van der Waals surface area contributed by atoms with Gasteiger partial charge in [-0.1, -0.05) is 18.2 Å². The van der Waals surface area contributed by atoms with Crippen molar-refractivity contribution >= 4 is 21.7 Å². The van der Waals surface area contributed by atoms with Gasteiger partial charge < -0.3 is 20.3 Å². The van der Waals surface area contributed by atoms with Crippen LogP contribution >= 0.6 is 0 Å². The molecule has 8 nitrogen and oxygen atoms in total. The summed E-state index contributed by atoms with van der Waals surface area (Å²) in [7, 11) is -2.21. The summed E-state index contributed by atoms with van der Waals surface area (Å²) in [6.07, 6.45) is 0.779. The molecule has 2 unspecified atom stereocenters. The molecule has 0 aliphatic heterocycles. The number of phenols is 1. The second-order valence-electron chi connectivity index (χ2n) is 6.87. The van der Waals surface area contributed by atoms with Crippen LogP contribution in [0.15, 0.2) is 42.5 Å². The molecule has 0 bridgehead atoms. The lowest BCUT2D eigenvalue weighted by Crippen LogP contribution is -2.32. The molecule has 29 heavy (non-hydrogen) atoms. The molecule has 2 aromatic rings. The van der Waals surface area contributed by atoms with E-state index < -0.39 is 16.1 Å². The van der Waals surface area contributed by atoms with E-state index in [2.05, 4.69) is 14.8 Å². The van der Waals surface area contributed by atoms with Gasteiger partial charge in [0.1, 0.15) is 5.75 Å². The van der Waals surface area contributed by atoms with Gasteiger partial charge in [-0.3, -0.25) is 4.72 Å². The summed E-state index contributed by atoms with van der Waals surface area (Å²) in [4.78, 5) is 11.5. The molecule has 9 heteroatoms. The van der Waals surface area contributed by atoms with Crippen molar-refractivity contribution in [3.63, 3.8) is 0 Å². The smallest absolute Gasteiger partial charge is 0.337 e. The zero-order chi connectivity index (χ0) is 21.6. The van der Waals surface area contributed by atoms with E-state index in [1.165, 1.54) is 25.3 Å². The monoisotopic (exact) mass is 422 g/mol. The Bertz CT molecular complexity index is 944. The summed E-state index contributed by atoms with van der Waals surface area (Å²) in [6, 6.07) is 11.4. The number of phenolic OH excluding ortho intramolecular Hbond substituents is 1. The first kappa shape index (κ1) is 22.7. The molecule has 2 aromatic carbocycles. The SMILES string of the molecule is COC(=O)c1ccc(CC(C)NCC(O)c2ccc(O)c(NS(C)(=O)=O)c2)cc1. The van der Waals surface area contributed by atoms with Gasteiger partial charge in [-0.15, -0.1) is 0 Å². The fourth-order valence-electron chi connectivity index (χ4n) is 2.79. The second kappa shape index (κ2) is 9.73.